The quantitative estimate of drug-likeness (QED) is 0.872. The molecule has 1 aromatic carbocycles. The van der Waals surface area contributed by atoms with Gasteiger partial charge in [0.05, 0.1) is 14.2 Å². The van der Waals surface area contributed by atoms with Gasteiger partial charge in [-0.25, -0.2) is 0 Å². The van der Waals surface area contributed by atoms with Gasteiger partial charge in [-0.3, -0.25) is 4.79 Å². The molecule has 1 amide bonds. The van der Waals surface area contributed by atoms with Crippen LogP contribution < -0.4 is 14.3 Å². The van der Waals surface area contributed by atoms with Crippen molar-refractivity contribution < 1.29 is 14.3 Å². The standard InChI is InChI=1S/C15H18N2O3S/c1-4-17-12-10(19-2)7-8-11(20-3)13(12)21-15(17)16-14(18)9-5-6-9/h7-9H,4-6H2,1-3H3. The summed E-state index contributed by atoms with van der Waals surface area (Å²) in [7, 11) is 3.29. The molecule has 5 nitrogen and oxygen atoms in total. The number of carbonyl (C=O) groups is 1. The number of nitrogens with zero attached hydrogens (tertiary/aromatic N) is 2. The van der Waals surface area contributed by atoms with Crippen molar-refractivity contribution in [1.82, 2.24) is 4.57 Å². The van der Waals surface area contributed by atoms with Crippen LogP contribution in [-0.2, 0) is 11.3 Å². The summed E-state index contributed by atoms with van der Waals surface area (Å²) < 4.78 is 13.8. The molecular weight excluding hydrogens is 288 g/mol. The van der Waals surface area contributed by atoms with Gasteiger partial charge in [0.15, 0.2) is 4.80 Å². The van der Waals surface area contributed by atoms with Crippen molar-refractivity contribution >= 4 is 27.5 Å². The summed E-state index contributed by atoms with van der Waals surface area (Å²) in [4.78, 5) is 17.0. The van der Waals surface area contributed by atoms with Crippen LogP contribution in [0.3, 0.4) is 0 Å². The minimum absolute atomic E-state index is 0.0123. The van der Waals surface area contributed by atoms with Gasteiger partial charge in [0.25, 0.3) is 5.91 Å². The molecule has 0 atom stereocenters. The SMILES string of the molecule is CCn1c(=NC(=O)C2CC2)sc2c(OC)ccc(OC)c21. The highest BCUT2D eigenvalue weighted by atomic mass is 32.1. The molecule has 0 radical (unpaired) electrons. The molecule has 1 aliphatic rings. The number of rotatable bonds is 4. The maximum atomic E-state index is 12.0. The van der Waals surface area contributed by atoms with Crippen LogP contribution in [-0.4, -0.2) is 24.7 Å². The van der Waals surface area contributed by atoms with Crippen LogP contribution in [0.1, 0.15) is 19.8 Å². The molecular formula is C15H18N2O3S. The van der Waals surface area contributed by atoms with Crippen molar-refractivity contribution in [2.24, 2.45) is 10.9 Å². The van der Waals surface area contributed by atoms with Crippen LogP contribution in [0.2, 0.25) is 0 Å². The van der Waals surface area contributed by atoms with E-state index in [1.807, 2.05) is 23.6 Å². The summed E-state index contributed by atoms with van der Waals surface area (Å²) in [6.45, 7) is 2.76. The van der Waals surface area contributed by atoms with Crippen LogP contribution in [0.25, 0.3) is 10.2 Å². The largest absolute Gasteiger partial charge is 0.495 e. The molecule has 1 saturated carbocycles. The number of methoxy groups -OCH3 is 2. The van der Waals surface area contributed by atoms with Crippen LogP contribution in [0, 0.1) is 5.92 Å². The Morgan fingerprint density at radius 3 is 2.57 bits per heavy atom. The second kappa shape index (κ2) is 5.52. The molecule has 1 aliphatic carbocycles. The molecule has 6 heteroatoms. The van der Waals surface area contributed by atoms with E-state index in [1.165, 1.54) is 11.3 Å². The monoisotopic (exact) mass is 306 g/mol. The van der Waals surface area contributed by atoms with Crippen molar-refractivity contribution in [3.63, 3.8) is 0 Å². The van der Waals surface area contributed by atoms with Crippen molar-refractivity contribution in [3.05, 3.63) is 16.9 Å². The van der Waals surface area contributed by atoms with Gasteiger partial charge >= 0.3 is 0 Å². The molecule has 0 N–H and O–H groups in total. The van der Waals surface area contributed by atoms with Gasteiger partial charge in [0, 0.05) is 12.5 Å². The summed E-state index contributed by atoms with van der Waals surface area (Å²) in [5, 5.41) is 0. The number of hydrogen-bond acceptors (Lipinski definition) is 4. The van der Waals surface area contributed by atoms with E-state index in [1.54, 1.807) is 14.2 Å². The average molecular weight is 306 g/mol. The lowest BCUT2D eigenvalue weighted by Gasteiger charge is -2.08. The molecule has 3 rings (SSSR count). The Kier molecular flexibility index (Phi) is 3.71. The van der Waals surface area contributed by atoms with Gasteiger partial charge in [-0.1, -0.05) is 11.3 Å². The van der Waals surface area contributed by atoms with E-state index in [9.17, 15) is 4.79 Å². The average Bonchev–Trinajstić information content (AvgIpc) is 3.28. The van der Waals surface area contributed by atoms with Crippen molar-refractivity contribution in [3.8, 4) is 11.5 Å². The predicted molar refractivity (Wildman–Crippen MR) is 81.9 cm³/mol. The van der Waals surface area contributed by atoms with Crippen molar-refractivity contribution in [1.29, 1.82) is 0 Å². The number of thiazole rings is 1. The maximum absolute atomic E-state index is 12.0. The number of amides is 1. The number of carbonyl (C=O) groups excluding carboxylic acids is 1. The fourth-order valence-corrected chi connectivity index (χ4v) is 3.56. The van der Waals surface area contributed by atoms with Gasteiger partial charge in [-0.2, -0.15) is 4.99 Å². The fraction of sp³-hybridized carbons (Fsp3) is 0.467. The minimum atomic E-state index is -0.0123. The predicted octanol–water partition coefficient (Wildman–Crippen LogP) is 2.58. The van der Waals surface area contributed by atoms with E-state index >= 15 is 0 Å². The zero-order chi connectivity index (χ0) is 15.0. The third kappa shape index (κ3) is 2.44. The van der Waals surface area contributed by atoms with Gasteiger partial charge in [-0.05, 0) is 31.9 Å². The lowest BCUT2D eigenvalue weighted by atomic mass is 10.3. The number of fused-ring (bicyclic) bond motifs is 1. The van der Waals surface area contributed by atoms with Crippen LogP contribution in [0.4, 0.5) is 0 Å². The lowest BCUT2D eigenvalue weighted by molar-refractivity contribution is -0.119. The van der Waals surface area contributed by atoms with Crippen LogP contribution in [0.15, 0.2) is 17.1 Å². The van der Waals surface area contributed by atoms with Gasteiger partial charge < -0.3 is 14.0 Å². The maximum Gasteiger partial charge on any atom is 0.251 e. The summed E-state index contributed by atoms with van der Waals surface area (Å²) in [5.41, 5.74) is 0.937. The van der Waals surface area contributed by atoms with E-state index < -0.39 is 0 Å². The van der Waals surface area contributed by atoms with Crippen LogP contribution in [0.5, 0.6) is 11.5 Å². The van der Waals surface area contributed by atoms with Gasteiger partial charge in [0.2, 0.25) is 0 Å². The molecule has 1 aromatic heterocycles. The molecule has 0 saturated heterocycles. The van der Waals surface area contributed by atoms with E-state index in [4.69, 9.17) is 9.47 Å². The molecule has 1 heterocycles. The first-order valence-corrected chi connectivity index (χ1v) is 7.84. The second-order valence-electron chi connectivity index (χ2n) is 5.00. The highest BCUT2D eigenvalue weighted by Crippen LogP contribution is 2.35. The first kappa shape index (κ1) is 14.1. The number of ether oxygens (including phenoxy) is 2. The Morgan fingerprint density at radius 2 is 2.00 bits per heavy atom. The van der Waals surface area contributed by atoms with E-state index in [0.717, 1.165) is 41.1 Å². The normalized spacial score (nSPS) is 15.5. The van der Waals surface area contributed by atoms with Gasteiger partial charge in [-0.15, -0.1) is 0 Å². The molecule has 0 unspecified atom stereocenters. The molecule has 2 aromatic rings. The van der Waals surface area contributed by atoms with E-state index in [-0.39, 0.29) is 11.8 Å². The fourth-order valence-electron chi connectivity index (χ4n) is 2.35. The zero-order valence-electron chi connectivity index (χ0n) is 12.4. The molecule has 112 valence electrons. The summed E-state index contributed by atoms with van der Waals surface area (Å²) in [6, 6.07) is 3.76. The van der Waals surface area contributed by atoms with Crippen molar-refractivity contribution in [2.45, 2.75) is 26.3 Å². The Morgan fingerprint density at radius 1 is 1.33 bits per heavy atom. The summed E-state index contributed by atoms with van der Waals surface area (Å²) >= 11 is 1.47. The molecule has 21 heavy (non-hydrogen) atoms. The van der Waals surface area contributed by atoms with E-state index in [0.29, 0.717) is 4.80 Å². The first-order valence-electron chi connectivity index (χ1n) is 7.02. The second-order valence-corrected chi connectivity index (χ2v) is 5.98. The smallest absolute Gasteiger partial charge is 0.251 e. The van der Waals surface area contributed by atoms with Crippen molar-refractivity contribution in [2.75, 3.05) is 14.2 Å². The number of aryl methyl sites for hydroxylation is 1. The number of hydrogen-bond donors (Lipinski definition) is 0. The molecule has 0 spiro atoms. The molecule has 0 aliphatic heterocycles. The van der Waals surface area contributed by atoms with E-state index in [2.05, 4.69) is 4.99 Å². The third-order valence-electron chi connectivity index (χ3n) is 3.64. The number of benzene rings is 1. The first-order chi connectivity index (χ1) is 10.2. The topological polar surface area (TPSA) is 52.8 Å². The lowest BCUT2D eigenvalue weighted by Crippen LogP contribution is -2.16. The third-order valence-corrected chi connectivity index (χ3v) is 4.73. The number of aromatic nitrogens is 1. The Bertz CT molecular complexity index is 756. The highest BCUT2D eigenvalue weighted by Gasteiger charge is 2.29. The summed E-state index contributed by atoms with van der Waals surface area (Å²) in [6.07, 6.45) is 1.93. The Balaban J connectivity index is 2.28. The summed E-state index contributed by atoms with van der Waals surface area (Å²) in [5.74, 6) is 1.66. The van der Waals surface area contributed by atoms with Crippen LogP contribution >= 0.6 is 11.3 Å². The molecule has 0 bridgehead atoms. The Labute approximate surface area is 126 Å². The Hall–Kier alpha value is -1.82. The highest BCUT2D eigenvalue weighted by molar-refractivity contribution is 7.16. The zero-order valence-corrected chi connectivity index (χ0v) is 13.2. The van der Waals surface area contributed by atoms with Gasteiger partial charge in [0.1, 0.15) is 21.7 Å². The minimum Gasteiger partial charge on any atom is -0.495 e. The molecule has 1 fully saturated rings.